The van der Waals surface area contributed by atoms with Gasteiger partial charge in [-0.05, 0) is 54.8 Å². The zero-order valence-electron chi connectivity index (χ0n) is 13.7. The fourth-order valence-corrected chi connectivity index (χ4v) is 1.96. The quantitative estimate of drug-likeness (QED) is 0.613. The van der Waals surface area contributed by atoms with Crippen molar-refractivity contribution in [2.75, 3.05) is 6.61 Å². The normalized spacial score (nSPS) is 10.5. The minimum absolute atomic E-state index is 0.135. The van der Waals surface area contributed by atoms with Crippen LogP contribution in [0.25, 0.3) is 0 Å². The lowest BCUT2D eigenvalue weighted by Crippen LogP contribution is -2.09. The largest absolute Gasteiger partial charge is 0.494 e. The molecule has 5 nitrogen and oxygen atoms in total. The Bertz CT molecular complexity index is 704. The molecule has 0 bridgehead atoms. The molecular formula is C19H20O5. The van der Waals surface area contributed by atoms with Crippen molar-refractivity contribution in [2.45, 2.75) is 20.3 Å². The van der Waals surface area contributed by atoms with Crippen molar-refractivity contribution in [2.24, 2.45) is 5.92 Å². The first-order chi connectivity index (χ1) is 11.5. The smallest absolute Gasteiger partial charge is 0.343 e. The number of carbonyl (C=O) groups excluding carboxylic acids is 1. The van der Waals surface area contributed by atoms with Crippen molar-refractivity contribution in [1.29, 1.82) is 0 Å². The molecule has 1 N–H and O–H groups in total. The second kappa shape index (κ2) is 8.15. The van der Waals surface area contributed by atoms with Crippen LogP contribution < -0.4 is 9.47 Å². The van der Waals surface area contributed by atoms with Crippen LogP contribution in [0.15, 0.2) is 48.5 Å². The lowest BCUT2D eigenvalue weighted by molar-refractivity contribution is 0.0696. The average Bonchev–Trinajstić information content (AvgIpc) is 2.55. The predicted octanol–water partition coefficient (Wildman–Crippen LogP) is 4.03. The van der Waals surface area contributed by atoms with E-state index in [1.807, 2.05) is 0 Å². The van der Waals surface area contributed by atoms with Gasteiger partial charge in [0.1, 0.15) is 11.5 Å². The monoisotopic (exact) mass is 328 g/mol. The summed E-state index contributed by atoms with van der Waals surface area (Å²) in [6, 6.07) is 12.5. The first-order valence-corrected chi connectivity index (χ1v) is 7.74. The van der Waals surface area contributed by atoms with Crippen LogP contribution in [-0.2, 0) is 0 Å². The highest BCUT2D eigenvalue weighted by Crippen LogP contribution is 2.18. The summed E-state index contributed by atoms with van der Waals surface area (Å²) in [5.74, 6) is -0.0964. The zero-order chi connectivity index (χ0) is 17.5. The van der Waals surface area contributed by atoms with Gasteiger partial charge in [-0.25, -0.2) is 9.59 Å². The Labute approximate surface area is 140 Å². The molecule has 0 spiro atoms. The van der Waals surface area contributed by atoms with Gasteiger partial charge in [0.25, 0.3) is 0 Å². The third-order valence-corrected chi connectivity index (χ3v) is 3.35. The van der Waals surface area contributed by atoms with Gasteiger partial charge in [-0.2, -0.15) is 0 Å². The number of hydrogen-bond donors (Lipinski definition) is 1. The molecule has 0 atom stereocenters. The molecule has 0 saturated heterocycles. The van der Waals surface area contributed by atoms with Gasteiger partial charge in [-0.1, -0.05) is 19.9 Å². The molecule has 0 amide bonds. The molecule has 2 rings (SSSR count). The first kappa shape index (κ1) is 17.5. The number of esters is 1. The summed E-state index contributed by atoms with van der Waals surface area (Å²) in [5, 5.41) is 8.85. The molecule has 0 unspecified atom stereocenters. The van der Waals surface area contributed by atoms with E-state index in [0.717, 1.165) is 6.42 Å². The summed E-state index contributed by atoms with van der Waals surface area (Å²) in [5.41, 5.74) is 0.509. The summed E-state index contributed by atoms with van der Waals surface area (Å²) in [4.78, 5) is 23.0. The Morgan fingerprint density at radius 2 is 1.71 bits per heavy atom. The van der Waals surface area contributed by atoms with Crippen molar-refractivity contribution >= 4 is 11.9 Å². The van der Waals surface area contributed by atoms with E-state index in [9.17, 15) is 9.59 Å². The predicted molar refractivity (Wildman–Crippen MR) is 89.8 cm³/mol. The Morgan fingerprint density at radius 1 is 1.00 bits per heavy atom. The molecule has 0 radical (unpaired) electrons. The number of carboxylic acids is 1. The lowest BCUT2D eigenvalue weighted by atomic mass is 10.1. The summed E-state index contributed by atoms with van der Waals surface area (Å²) in [6.07, 6.45) is 0.935. The lowest BCUT2D eigenvalue weighted by Gasteiger charge is -2.09. The minimum Gasteiger partial charge on any atom is -0.494 e. The van der Waals surface area contributed by atoms with Crippen LogP contribution in [0.2, 0.25) is 0 Å². The molecule has 0 aliphatic carbocycles. The van der Waals surface area contributed by atoms with Gasteiger partial charge >= 0.3 is 11.9 Å². The number of aromatic carboxylic acids is 1. The van der Waals surface area contributed by atoms with Gasteiger partial charge in [0.2, 0.25) is 0 Å². The first-order valence-electron chi connectivity index (χ1n) is 7.74. The van der Waals surface area contributed by atoms with E-state index >= 15 is 0 Å². The summed E-state index contributed by atoms with van der Waals surface area (Å²) in [7, 11) is 0. The number of hydrogen-bond acceptors (Lipinski definition) is 4. The molecule has 0 aliphatic rings. The summed E-state index contributed by atoms with van der Waals surface area (Å²) < 4.78 is 10.9. The Hall–Kier alpha value is -2.82. The SMILES string of the molecule is CC(C)CCOc1cccc(C(=O)Oc2ccc(C(=O)O)cc2)c1. The topological polar surface area (TPSA) is 72.8 Å². The molecular weight excluding hydrogens is 308 g/mol. The Balaban J connectivity index is 2.00. The molecule has 0 heterocycles. The van der Waals surface area contributed by atoms with E-state index in [4.69, 9.17) is 14.6 Å². The maximum absolute atomic E-state index is 12.2. The van der Waals surface area contributed by atoms with E-state index in [0.29, 0.717) is 23.8 Å². The van der Waals surface area contributed by atoms with Crippen molar-refractivity contribution in [3.63, 3.8) is 0 Å². The van der Waals surface area contributed by atoms with E-state index in [2.05, 4.69) is 13.8 Å². The molecule has 0 fully saturated rings. The maximum Gasteiger partial charge on any atom is 0.343 e. The van der Waals surface area contributed by atoms with Gasteiger partial charge in [-0.15, -0.1) is 0 Å². The molecule has 0 aliphatic heterocycles. The van der Waals surface area contributed by atoms with Crippen LogP contribution in [0.5, 0.6) is 11.5 Å². The van der Waals surface area contributed by atoms with Gasteiger partial charge in [0.15, 0.2) is 0 Å². The van der Waals surface area contributed by atoms with Gasteiger partial charge < -0.3 is 14.6 Å². The molecule has 0 saturated carbocycles. The second-order valence-corrected chi connectivity index (χ2v) is 5.78. The van der Waals surface area contributed by atoms with Crippen LogP contribution >= 0.6 is 0 Å². The van der Waals surface area contributed by atoms with Crippen LogP contribution in [0.1, 0.15) is 41.0 Å². The van der Waals surface area contributed by atoms with E-state index < -0.39 is 11.9 Å². The van der Waals surface area contributed by atoms with Crippen molar-refractivity contribution < 1.29 is 24.2 Å². The number of rotatable bonds is 7. The van der Waals surface area contributed by atoms with E-state index in [1.54, 1.807) is 24.3 Å². The minimum atomic E-state index is -1.03. The number of benzene rings is 2. The van der Waals surface area contributed by atoms with Crippen LogP contribution in [0.3, 0.4) is 0 Å². The van der Waals surface area contributed by atoms with Crippen molar-refractivity contribution in [3.8, 4) is 11.5 Å². The molecule has 126 valence electrons. The highest BCUT2D eigenvalue weighted by atomic mass is 16.5. The van der Waals surface area contributed by atoms with Crippen LogP contribution in [0.4, 0.5) is 0 Å². The highest BCUT2D eigenvalue weighted by Gasteiger charge is 2.11. The second-order valence-electron chi connectivity index (χ2n) is 5.78. The van der Waals surface area contributed by atoms with E-state index in [-0.39, 0.29) is 11.3 Å². The Morgan fingerprint density at radius 3 is 2.33 bits per heavy atom. The molecule has 2 aromatic rings. The van der Waals surface area contributed by atoms with Crippen LogP contribution in [-0.4, -0.2) is 23.7 Å². The number of ether oxygens (including phenoxy) is 2. The standard InChI is InChI=1S/C19H20O5/c1-13(2)10-11-23-17-5-3-4-15(12-17)19(22)24-16-8-6-14(7-9-16)18(20)21/h3-9,12-13H,10-11H2,1-2H3,(H,20,21). The molecule has 0 aromatic heterocycles. The van der Waals surface area contributed by atoms with Gasteiger partial charge in [0, 0.05) is 0 Å². The highest BCUT2D eigenvalue weighted by molar-refractivity contribution is 5.92. The maximum atomic E-state index is 12.2. The molecule has 2 aromatic carbocycles. The number of carbonyl (C=O) groups is 2. The summed E-state index contributed by atoms with van der Waals surface area (Å²) >= 11 is 0. The van der Waals surface area contributed by atoms with Crippen molar-refractivity contribution in [1.82, 2.24) is 0 Å². The van der Waals surface area contributed by atoms with Gasteiger partial charge in [0.05, 0.1) is 17.7 Å². The number of carboxylic acid groups (broad SMARTS) is 1. The van der Waals surface area contributed by atoms with Gasteiger partial charge in [-0.3, -0.25) is 0 Å². The molecule has 24 heavy (non-hydrogen) atoms. The van der Waals surface area contributed by atoms with E-state index in [1.165, 1.54) is 24.3 Å². The third kappa shape index (κ3) is 5.12. The van der Waals surface area contributed by atoms with Crippen LogP contribution in [0, 0.1) is 5.92 Å². The third-order valence-electron chi connectivity index (χ3n) is 3.35. The molecule has 5 heteroatoms. The fraction of sp³-hybridized carbons (Fsp3) is 0.263. The summed E-state index contributed by atoms with van der Waals surface area (Å²) in [6.45, 7) is 4.83. The Kier molecular flexibility index (Phi) is 5.95. The zero-order valence-corrected chi connectivity index (χ0v) is 13.7. The fourth-order valence-electron chi connectivity index (χ4n) is 1.96. The average molecular weight is 328 g/mol. The van der Waals surface area contributed by atoms with Crippen molar-refractivity contribution in [3.05, 3.63) is 59.7 Å².